The molecule has 0 aromatic heterocycles. The standard InChI is InChI=1S/C20H24N2O3S/c1-16-6-5-7-17(14-16)15-21-26(24,25)19-10-8-18(9-11-19)20(23)22-12-3-2-4-13-22/h5-11,14,21H,2-4,12-13,15H2,1H3. The highest BCUT2D eigenvalue weighted by Gasteiger charge is 2.19. The Labute approximate surface area is 155 Å². The first-order chi connectivity index (χ1) is 12.5. The van der Waals surface area contributed by atoms with Crippen LogP contribution in [-0.4, -0.2) is 32.3 Å². The van der Waals surface area contributed by atoms with Gasteiger partial charge in [-0.05, 0) is 56.0 Å². The lowest BCUT2D eigenvalue weighted by Gasteiger charge is -2.26. The van der Waals surface area contributed by atoms with Crippen molar-refractivity contribution in [3.05, 3.63) is 65.2 Å². The summed E-state index contributed by atoms with van der Waals surface area (Å²) in [6, 6.07) is 13.9. The predicted molar refractivity (Wildman–Crippen MR) is 101 cm³/mol. The molecule has 1 heterocycles. The summed E-state index contributed by atoms with van der Waals surface area (Å²) in [6.07, 6.45) is 3.22. The summed E-state index contributed by atoms with van der Waals surface area (Å²) >= 11 is 0. The Morgan fingerprint density at radius 1 is 1.04 bits per heavy atom. The zero-order valence-electron chi connectivity index (χ0n) is 14.9. The highest BCUT2D eigenvalue weighted by Crippen LogP contribution is 2.16. The van der Waals surface area contributed by atoms with E-state index < -0.39 is 10.0 Å². The Balaban J connectivity index is 1.67. The van der Waals surface area contributed by atoms with E-state index in [4.69, 9.17) is 0 Å². The van der Waals surface area contributed by atoms with Crippen LogP contribution < -0.4 is 4.72 Å². The van der Waals surface area contributed by atoms with Crippen molar-refractivity contribution >= 4 is 15.9 Å². The van der Waals surface area contributed by atoms with E-state index in [1.807, 2.05) is 36.1 Å². The Morgan fingerprint density at radius 2 is 1.73 bits per heavy atom. The van der Waals surface area contributed by atoms with Crippen molar-refractivity contribution in [3.8, 4) is 0 Å². The highest BCUT2D eigenvalue weighted by molar-refractivity contribution is 7.89. The molecule has 2 aromatic rings. The van der Waals surface area contributed by atoms with Crippen molar-refractivity contribution in [1.29, 1.82) is 0 Å². The number of carbonyl (C=O) groups is 1. The van der Waals surface area contributed by atoms with Gasteiger partial charge in [-0.2, -0.15) is 0 Å². The summed E-state index contributed by atoms with van der Waals surface area (Å²) in [5.74, 6) is -0.0265. The topological polar surface area (TPSA) is 66.5 Å². The maximum absolute atomic E-state index is 12.5. The molecule has 1 fully saturated rings. The maximum Gasteiger partial charge on any atom is 0.253 e. The Bertz CT molecular complexity index is 870. The number of aryl methyl sites for hydroxylation is 1. The molecule has 138 valence electrons. The molecule has 0 aliphatic carbocycles. The van der Waals surface area contributed by atoms with Gasteiger partial charge in [-0.25, -0.2) is 13.1 Å². The van der Waals surface area contributed by atoms with E-state index in [2.05, 4.69) is 4.72 Å². The van der Waals surface area contributed by atoms with Gasteiger partial charge in [-0.1, -0.05) is 29.8 Å². The fraction of sp³-hybridized carbons (Fsp3) is 0.350. The first-order valence-corrected chi connectivity index (χ1v) is 10.4. The molecule has 1 N–H and O–H groups in total. The lowest BCUT2D eigenvalue weighted by molar-refractivity contribution is 0.0724. The van der Waals surface area contributed by atoms with Crippen molar-refractivity contribution < 1.29 is 13.2 Å². The minimum Gasteiger partial charge on any atom is -0.339 e. The van der Waals surface area contributed by atoms with Crippen LogP contribution in [0.5, 0.6) is 0 Å². The number of amides is 1. The Hall–Kier alpha value is -2.18. The third kappa shape index (κ3) is 4.51. The molecule has 0 radical (unpaired) electrons. The second kappa shape index (κ2) is 8.01. The van der Waals surface area contributed by atoms with Gasteiger partial charge in [0.15, 0.2) is 0 Å². The molecule has 0 atom stereocenters. The van der Waals surface area contributed by atoms with Crippen LogP contribution in [-0.2, 0) is 16.6 Å². The van der Waals surface area contributed by atoms with E-state index in [-0.39, 0.29) is 17.3 Å². The molecule has 1 aliphatic heterocycles. The smallest absolute Gasteiger partial charge is 0.253 e. The number of benzene rings is 2. The molecule has 0 spiro atoms. The van der Waals surface area contributed by atoms with E-state index in [9.17, 15) is 13.2 Å². The van der Waals surface area contributed by atoms with Gasteiger partial charge < -0.3 is 4.90 Å². The zero-order valence-corrected chi connectivity index (χ0v) is 15.8. The number of rotatable bonds is 5. The van der Waals surface area contributed by atoms with Crippen molar-refractivity contribution in [2.45, 2.75) is 37.6 Å². The summed E-state index contributed by atoms with van der Waals surface area (Å²) < 4.78 is 27.5. The molecule has 1 saturated heterocycles. The van der Waals surface area contributed by atoms with Crippen LogP contribution in [0.25, 0.3) is 0 Å². The fourth-order valence-corrected chi connectivity index (χ4v) is 4.16. The largest absolute Gasteiger partial charge is 0.339 e. The SMILES string of the molecule is Cc1cccc(CNS(=O)(=O)c2ccc(C(=O)N3CCCCC3)cc2)c1. The second-order valence-electron chi connectivity index (χ2n) is 6.69. The van der Waals surface area contributed by atoms with Crippen LogP contribution in [0.3, 0.4) is 0 Å². The average molecular weight is 372 g/mol. The fourth-order valence-electron chi connectivity index (χ4n) is 3.14. The summed E-state index contributed by atoms with van der Waals surface area (Å²) in [5.41, 5.74) is 2.53. The molecule has 1 amide bonds. The molecular weight excluding hydrogens is 348 g/mol. The van der Waals surface area contributed by atoms with Crippen LogP contribution in [0.1, 0.15) is 40.7 Å². The van der Waals surface area contributed by atoms with Crippen LogP contribution >= 0.6 is 0 Å². The van der Waals surface area contributed by atoms with Gasteiger partial charge in [0.1, 0.15) is 0 Å². The third-order valence-electron chi connectivity index (χ3n) is 4.60. The quantitative estimate of drug-likeness (QED) is 0.877. The second-order valence-corrected chi connectivity index (χ2v) is 8.46. The van der Waals surface area contributed by atoms with Crippen LogP contribution in [0.15, 0.2) is 53.4 Å². The number of sulfonamides is 1. The Morgan fingerprint density at radius 3 is 2.38 bits per heavy atom. The minimum absolute atomic E-state index is 0.0265. The van der Waals surface area contributed by atoms with Gasteiger partial charge in [0.2, 0.25) is 10.0 Å². The molecular formula is C20H24N2O3S. The number of hydrogen-bond acceptors (Lipinski definition) is 3. The normalized spacial score (nSPS) is 15.0. The van der Waals surface area contributed by atoms with Crippen molar-refractivity contribution in [3.63, 3.8) is 0 Å². The molecule has 0 unspecified atom stereocenters. The van der Waals surface area contributed by atoms with Crippen molar-refractivity contribution in [2.24, 2.45) is 0 Å². The van der Waals surface area contributed by atoms with E-state index in [1.165, 1.54) is 12.1 Å². The third-order valence-corrected chi connectivity index (χ3v) is 6.02. The Kier molecular flexibility index (Phi) is 5.74. The summed E-state index contributed by atoms with van der Waals surface area (Å²) in [6.45, 7) is 3.75. The van der Waals surface area contributed by atoms with Crippen LogP contribution in [0.4, 0.5) is 0 Å². The molecule has 26 heavy (non-hydrogen) atoms. The number of likely N-dealkylation sites (tertiary alicyclic amines) is 1. The molecule has 0 saturated carbocycles. The van der Waals surface area contributed by atoms with E-state index in [0.717, 1.165) is 43.5 Å². The predicted octanol–water partition coefficient (Wildman–Crippen LogP) is 3.10. The number of nitrogens with zero attached hydrogens (tertiary/aromatic N) is 1. The summed E-state index contributed by atoms with van der Waals surface area (Å²) in [7, 11) is -3.61. The molecule has 3 rings (SSSR count). The van der Waals surface area contributed by atoms with E-state index in [0.29, 0.717) is 5.56 Å². The first-order valence-electron chi connectivity index (χ1n) is 8.90. The summed E-state index contributed by atoms with van der Waals surface area (Å²) in [5, 5.41) is 0. The van der Waals surface area contributed by atoms with Gasteiger partial charge in [0.25, 0.3) is 5.91 Å². The van der Waals surface area contributed by atoms with Gasteiger partial charge in [0, 0.05) is 25.2 Å². The number of carbonyl (C=O) groups excluding carboxylic acids is 1. The van der Waals surface area contributed by atoms with Gasteiger partial charge in [-0.3, -0.25) is 4.79 Å². The average Bonchev–Trinajstić information content (AvgIpc) is 2.67. The van der Waals surface area contributed by atoms with Gasteiger partial charge in [-0.15, -0.1) is 0 Å². The molecule has 0 bridgehead atoms. The maximum atomic E-state index is 12.5. The monoisotopic (exact) mass is 372 g/mol. The van der Waals surface area contributed by atoms with E-state index >= 15 is 0 Å². The number of nitrogens with one attached hydrogen (secondary N) is 1. The minimum atomic E-state index is -3.61. The zero-order chi connectivity index (χ0) is 18.6. The van der Waals surface area contributed by atoms with Crippen LogP contribution in [0, 0.1) is 6.92 Å². The lowest BCUT2D eigenvalue weighted by Crippen LogP contribution is -2.35. The molecule has 2 aromatic carbocycles. The van der Waals surface area contributed by atoms with E-state index in [1.54, 1.807) is 12.1 Å². The summed E-state index contributed by atoms with van der Waals surface area (Å²) in [4.78, 5) is 14.5. The van der Waals surface area contributed by atoms with Crippen molar-refractivity contribution in [1.82, 2.24) is 9.62 Å². The van der Waals surface area contributed by atoms with Crippen LogP contribution in [0.2, 0.25) is 0 Å². The van der Waals surface area contributed by atoms with Gasteiger partial charge >= 0.3 is 0 Å². The lowest BCUT2D eigenvalue weighted by atomic mass is 10.1. The molecule has 6 heteroatoms. The number of piperidine rings is 1. The van der Waals surface area contributed by atoms with Gasteiger partial charge in [0.05, 0.1) is 4.90 Å². The molecule has 1 aliphatic rings. The molecule has 5 nitrogen and oxygen atoms in total. The van der Waals surface area contributed by atoms with Crippen molar-refractivity contribution in [2.75, 3.05) is 13.1 Å². The number of hydrogen-bond donors (Lipinski definition) is 1. The first kappa shape index (κ1) is 18.6. The highest BCUT2D eigenvalue weighted by atomic mass is 32.2.